The molecule has 1 N–H and O–H groups in total. The molecule has 0 radical (unpaired) electrons. The SMILES string of the molecule is CCC1CCCCC1NC(C)c1ccc2c(c1)OCCO2. The number of hydrogen-bond donors (Lipinski definition) is 1. The highest BCUT2D eigenvalue weighted by molar-refractivity contribution is 5.44. The molecule has 3 atom stereocenters. The maximum absolute atomic E-state index is 5.69. The molecule has 1 aliphatic carbocycles. The van der Waals surface area contributed by atoms with Crippen LogP contribution in [0.25, 0.3) is 0 Å². The number of nitrogens with one attached hydrogen (secondary N) is 1. The van der Waals surface area contributed by atoms with Gasteiger partial charge in [0.25, 0.3) is 0 Å². The van der Waals surface area contributed by atoms with Gasteiger partial charge in [0.05, 0.1) is 0 Å². The van der Waals surface area contributed by atoms with Gasteiger partial charge in [0.15, 0.2) is 11.5 Å². The summed E-state index contributed by atoms with van der Waals surface area (Å²) in [6.07, 6.45) is 6.73. The smallest absolute Gasteiger partial charge is 0.161 e. The van der Waals surface area contributed by atoms with Gasteiger partial charge in [-0.05, 0) is 43.4 Å². The van der Waals surface area contributed by atoms with E-state index in [1.54, 1.807) is 0 Å². The van der Waals surface area contributed by atoms with E-state index in [4.69, 9.17) is 9.47 Å². The highest BCUT2D eigenvalue weighted by Crippen LogP contribution is 2.34. The molecule has 0 saturated heterocycles. The third-order valence-corrected chi connectivity index (χ3v) is 4.96. The van der Waals surface area contributed by atoms with Crippen LogP contribution in [0, 0.1) is 5.92 Å². The first kappa shape index (κ1) is 14.7. The Balaban J connectivity index is 1.68. The molecule has 1 aromatic carbocycles. The molecule has 3 heteroatoms. The maximum Gasteiger partial charge on any atom is 0.161 e. The number of hydrogen-bond acceptors (Lipinski definition) is 3. The molecule has 0 amide bonds. The van der Waals surface area contributed by atoms with Crippen LogP contribution in [-0.2, 0) is 0 Å². The Labute approximate surface area is 128 Å². The number of ether oxygens (including phenoxy) is 2. The summed E-state index contributed by atoms with van der Waals surface area (Å²) in [5.41, 5.74) is 1.29. The van der Waals surface area contributed by atoms with Crippen LogP contribution in [0.4, 0.5) is 0 Å². The molecule has 116 valence electrons. The molecule has 1 aromatic rings. The number of benzene rings is 1. The fourth-order valence-corrected chi connectivity index (χ4v) is 3.66. The summed E-state index contributed by atoms with van der Waals surface area (Å²) in [4.78, 5) is 0. The highest BCUT2D eigenvalue weighted by atomic mass is 16.6. The average Bonchev–Trinajstić information content (AvgIpc) is 2.55. The third-order valence-electron chi connectivity index (χ3n) is 4.96. The molecule has 0 bridgehead atoms. The van der Waals surface area contributed by atoms with Gasteiger partial charge in [-0.1, -0.05) is 32.3 Å². The van der Waals surface area contributed by atoms with Crippen molar-refractivity contribution < 1.29 is 9.47 Å². The topological polar surface area (TPSA) is 30.5 Å². The van der Waals surface area contributed by atoms with E-state index in [0.717, 1.165) is 17.4 Å². The Kier molecular flexibility index (Phi) is 4.69. The first-order valence-corrected chi connectivity index (χ1v) is 8.43. The minimum atomic E-state index is 0.359. The lowest BCUT2D eigenvalue weighted by Gasteiger charge is -2.34. The van der Waals surface area contributed by atoms with Crippen molar-refractivity contribution in [1.82, 2.24) is 5.32 Å². The molecule has 21 heavy (non-hydrogen) atoms. The van der Waals surface area contributed by atoms with E-state index >= 15 is 0 Å². The quantitative estimate of drug-likeness (QED) is 0.906. The van der Waals surface area contributed by atoms with Crippen molar-refractivity contribution in [1.29, 1.82) is 0 Å². The zero-order valence-electron chi connectivity index (χ0n) is 13.2. The van der Waals surface area contributed by atoms with Crippen LogP contribution in [-0.4, -0.2) is 19.3 Å². The first-order valence-electron chi connectivity index (χ1n) is 8.43. The molecule has 1 heterocycles. The van der Waals surface area contributed by atoms with Crippen LogP contribution in [0.3, 0.4) is 0 Å². The van der Waals surface area contributed by atoms with Crippen molar-refractivity contribution in [3.05, 3.63) is 23.8 Å². The van der Waals surface area contributed by atoms with E-state index < -0.39 is 0 Å². The summed E-state index contributed by atoms with van der Waals surface area (Å²) in [6, 6.07) is 7.36. The maximum atomic E-state index is 5.69. The lowest BCUT2D eigenvalue weighted by molar-refractivity contribution is 0.171. The van der Waals surface area contributed by atoms with Crippen molar-refractivity contribution >= 4 is 0 Å². The average molecular weight is 289 g/mol. The van der Waals surface area contributed by atoms with Crippen LogP contribution >= 0.6 is 0 Å². The summed E-state index contributed by atoms with van der Waals surface area (Å²) in [5, 5.41) is 3.85. The second-order valence-corrected chi connectivity index (χ2v) is 6.35. The van der Waals surface area contributed by atoms with Gasteiger partial charge in [0.1, 0.15) is 13.2 Å². The van der Waals surface area contributed by atoms with E-state index in [0.29, 0.717) is 25.3 Å². The molecule has 0 spiro atoms. The van der Waals surface area contributed by atoms with Gasteiger partial charge in [-0.15, -0.1) is 0 Å². The van der Waals surface area contributed by atoms with E-state index in [-0.39, 0.29) is 0 Å². The van der Waals surface area contributed by atoms with Gasteiger partial charge < -0.3 is 14.8 Å². The Morgan fingerprint density at radius 3 is 2.71 bits per heavy atom. The van der Waals surface area contributed by atoms with Gasteiger partial charge in [-0.3, -0.25) is 0 Å². The van der Waals surface area contributed by atoms with Gasteiger partial charge in [0.2, 0.25) is 0 Å². The predicted octanol–water partition coefficient (Wildman–Crippen LogP) is 4.08. The van der Waals surface area contributed by atoms with E-state index in [9.17, 15) is 0 Å². The molecular weight excluding hydrogens is 262 g/mol. The van der Waals surface area contributed by atoms with Crippen molar-refractivity contribution in [2.24, 2.45) is 5.92 Å². The lowest BCUT2D eigenvalue weighted by Crippen LogP contribution is -2.39. The van der Waals surface area contributed by atoms with Crippen LogP contribution in [0.2, 0.25) is 0 Å². The van der Waals surface area contributed by atoms with Crippen LogP contribution < -0.4 is 14.8 Å². The van der Waals surface area contributed by atoms with Gasteiger partial charge in [-0.25, -0.2) is 0 Å². The van der Waals surface area contributed by atoms with Crippen LogP contribution in [0.5, 0.6) is 11.5 Å². The predicted molar refractivity (Wildman–Crippen MR) is 85.0 cm³/mol. The normalized spacial score (nSPS) is 26.4. The Morgan fingerprint density at radius 2 is 1.90 bits per heavy atom. The van der Waals surface area contributed by atoms with Crippen molar-refractivity contribution in [2.75, 3.05) is 13.2 Å². The van der Waals surface area contributed by atoms with Gasteiger partial charge in [0, 0.05) is 12.1 Å². The largest absolute Gasteiger partial charge is 0.486 e. The summed E-state index contributed by atoms with van der Waals surface area (Å²) < 4.78 is 11.3. The molecule has 1 fully saturated rings. The third kappa shape index (κ3) is 3.34. The molecule has 1 aliphatic heterocycles. The monoisotopic (exact) mass is 289 g/mol. The van der Waals surface area contributed by atoms with Gasteiger partial charge in [-0.2, -0.15) is 0 Å². The van der Waals surface area contributed by atoms with Crippen molar-refractivity contribution in [3.8, 4) is 11.5 Å². The second-order valence-electron chi connectivity index (χ2n) is 6.35. The fourth-order valence-electron chi connectivity index (χ4n) is 3.66. The standard InChI is InChI=1S/C18H27NO2/c1-3-14-6-4-5-7-16(14)19-13(2)15-8-9-17-18(12-15)21-11-10-20-17/h8-9,12-14,16,19H,3-7,10-11H2,1-2H3. The molecule has 3 rings (SSSR count). The van der Waals surface area contributed by atoms with Gasteiger partial charge >= 0.3 is 0 Å². The molecule has 3 nitrogen and oxygen atoms in total. The van der Waals surface area contributed by atoms with Crippen molar-refractivity contribution in [2.45, 2.75) is 58.0 Å². The number of rotatable bonds is 4. The molecule has 2 aliphatic rings. The summed E-state index contributed by atoms with van der Waals surface area (Å²) in [7, 11) is 0. The Bertz CT molecular complexity index is 474. The number of fused-ring (bicyclic) bond motifs is 1. The van der Waals surface area contributed by atoms with Crippen LogP contribution in [0.15, 0.2) is 18.2 Å². The fraction of sp³-hybridized carbons (Fsp3) is 0.667. The first-order chi connectivity index (χ1) is 10.3. The zero-order chi connectivity index (χ0) is 14.7. The van der Waals surface area contributed by atoms with E-state index in [1.807, 2.05) is 6.07 Å². The minimum Gasteiger partial charge on any atom is -0.486 e. The van der Waals surface area contributed by atoms with Crippen molar-refractivity contribution in [3.63, 3.8) is 0 Å². The molecule has 3 unspecified atom stereocenters. The zero-order valence-corrected chi connectivity index (χ0v) is 13.2. The molecule has 1 saturated carbocycles. The van der Waals surface area contributed by atoms with Crippen LogP contribution in [0.1, 0.15) is 57.6 Å². The molecule has 0 aromatic heterocycles. The second kappa shape index (κ2) is 6.69. The Morgan fingerprint density at radius 1 is 1.14 bits per heavy atom. The summed E-state index contributed by atoms with van der Waals surface area (Å²) >= 11 is 0. The Hall–Kier alpha value is -1.22. The lowest BCUT2D eigenvalue weighted by atomic mass is 9.82. The molecular formula is C18H27NO2. The minimum absolute atomic E-state index is 0.359. The summed E-state index contributed by atoms with van der Waals surface area (Å²) in [6.45, 7) is 5.88. The van der Waals surface area contributed by atoms with E-state index in [1.165, 1.54) is 37.7 Å². The summed E-state index contributed by atoms with van der Waals surface area (Å²) in [5.74, 6) is 2.60. The van der Waals surface area contributed by atoms with E-state index in [2.05, 4.69) is 31.3 Å². The highest BCUT2D eigenvalue weighted by Gasteiger charge is 2.25.